The van der Waals surface area contributed by atoms with Crippen LogP contribution in [0.4, 0.5) is 0 Å². The van der Waals surface area contributed by atoms with Crippen LogP contribution in [0.1, 0.15) is 31.3 Å². The molecule has 0 aliphatic rings. The van der Waals surface area contributed by atoms with E-state index in [0.29, 0.717) is 18.3 Å². The summed E-state index contributed by atoms with van der Waals surface area (Å²) in [6.07, 6.45) is 1.73. The third-order valence-corrected chi connectivity index (χ3v) is 2.19. The highest BCUT2D eigenvalue weighted by atomic mass is 16.3. The number of nitriles is 1. The number of aliphatic hydroxyl groups is 1. The Bertz CT molecular complexity index is 328. The molecule has 0 saturated heterocycles. The number of rotatable bonds is 6. The molecule has 1 atom stereocenters. The Labute approximate surface area is 89.5 Å². The van der Waals surface area contributed by atoms with Crippen molar-refractivity contribution in [2.24, 2.45) is 0 Å². The molecule has 0 spiro atoms. The summed E-state index contributed by atoms with van der Waals surface area (Å²) < 4.78 is 5.21. The summed E-state index contributed by atoms with van der Waals surface area (Å²) in [6, 6.07) is 5.74. The average Bonchev–Trinajstić information content (AvgIpc) is 2.71. The molecule has 15 heavy (non-hydrogen) atoms. The van der Waals surface area contributed by atoms with Crippen molar-refractivity contribution < 1.29 is 9.52 Å². The number of furan rings is 1. The van der Waals surface area contributed by atoms with Crippen LogP contribution in [-0.2, 0) is 6.54 Å². The van der Waals surface area contributed by atoms with E-state index in [4.69, 9.17) is 14.8 Å². The van der Waals surface area contributed by atoms with Gasteiger partial charge in [0.05, 0.1) is 6.54 Å². The second kappa shape index (κ2) is 6.23. The van der Waals surface area contributed by atoms with Gasteiger partial charge in [-0.25, -0.2) is 0 Å². The van der Waals surface area contributed by atoms with Gasteiger partial charge in [0.2, 0.25) is 5.76 Å². The lowest BCUT2D eigenvalue weighted by Crippen LogP contribution is -2.25. The quantitative estimate of drug-likeness (QED) is 0.741. The predicted molar refractivity (Wildman–Crippen MR) is 56.0 cm³/mol. The smallest absolute Gasteiger partial charge is 0.203 e. The maximum atomic E-state index is 8.65. The third kappa shape index (κ3) is 4.15. The Balaban J connectivity index is 2.27. The molecule has 1 heterocycles. The van der Waals surface area contributed by atoms with E-state index in [1.165, 1.54) is 0 Å². The van der Waals surface area contributed by atoms with E-state index in [1.54, 1.807) is 12.1 Å². The molecule has 0 aromatic carbocycles. The monoisotopic (exact) mass is 208 g/mol. The lowest BCUT2D eigenvalue weighted by atomic mass is 10.2. The first-order valence-corrected chi connectivity index (χ1v) is 5.09. The third-order valence-electron chi connectivity index (χ3n) is 2.19. The molecule has 1 aromatic heterocycles. The highest BCUT2D eigenvalue weighted by Gasteiger charge is 2.04. The molecule has 0 radical (unpaired) electrons. The fourth-order valence-corrected chi connectivity index (χ4v) is 1.31. The predicted octanol–water partition coefficient (Wildman–Crippen LogP) is 1.40. The molecule has 2 N–H and O–H groups in total. The van der Waals surface area contributed by atoms with Crippen LogP contribution in [0.15, 0.2) is 16.5 Å². The van der Waals surface area contributed by atoms with Crippen LogP contribution >= 0.6 is 0 Å². The zero-order valence-electron chi connectivity index (χ0n) is 8.86. The zero-order chi connectivity index (χ0) is 11.1. The van der Waals surface area contributed by atoms with E-state index in [1.807, 2.05) is 6.07 Å². The first-order chi connectivity index (χ1) is 7.26. The molecular formula is C11H16N2O2. The van der Waals surface area contributed by atoms with Gasteiger partial charge in [0.15, 0.2) is 0 Å². The van der Waals surface area contributed by atoms with Gasteiger partial charge in [-0.1, -0.05) is 0 Å². The van der Waals surface area contributed by atoms with Crippen LogP contribution < -0.4 is 5.32 Å². The van der Waals surface area contributed by atoms with Gasteiger partial charge >= 0.3 is 0 Å². The largest absolute Gasteiger partial charge is 0.449 e. The molecule has 4 nitrogen and oxygen atoms in total. The Hall–Kier alpha value is -1.31. The standard InChI is InChI=1S/C11H16N2O2/c1-9(3-2-6-14)13-8-11-5-4-10(7-12)15-11/h4-5,9,13-14H,2-3,6,8H2,1H3. The number of nitrogens with one attached hydrogen (secondary N) is 1. The lowest BCUT2D eigenvalue weighted by Gasteiger charge is -2.11. The minimum atomic E-state index is 0.228. The maximum absolute atomic E-state index is 8.65. The van der Waals surface area contributed by atoms with Gasteiger partial charge in [-0.3, -0.25) is 0 Å². The van der Waals surface area contributed by atoms with E-state index >= 15 is 0 Å². The summed E-state index contributed by atoms with van der Waals surface area (Å²) in [5.74, 6) is 1.11. The molecule has 0 aliphatic heterocycles. The fourth-order valence-electron chi connectivity index (χ4n) is 1.31. The average molecular weight is 208 g/mol. The van der Waals surface area contributed by atoms with Crippen LogP contribution in [0.25, 0.3) is 0 Å². The van der Waals surface area contributed by atoms with E-state index < -0.39 is 0 Å². The zero-order valence-corrected chi connectivity index (χ0v) is 8.86. The van der Waals surface area contributed by atoms with Gasteiger partial charge in [-0.2, -0.15) is 5.26 Å². The number of hydrogen-bond acceptors (Lipinski definition) is 4. The maximum Gasteiger partial charge on any atom is 0.203 e. The topological polar surface area (TPSA) is 69.2 Å². The molecule has 1 aromatic rings. The summed E-state index contributed by atoms with van der Waals surface area (Å²) >= 11 is 0. The molecule has 1 rings (SSSR count). The summed E-state index contributed by atoms with van der Waals surface area (Å²) in [4.78, 5) is 0. The van der Waals surface area contributed by atoms with Crippen LogP contribution in [-0.4, -0.2) is 17.8 Å². The second-order valence-corrected chi connectivity index (χ2v) is 3.53. The Morgan fingerprint density at radius 3 is 3.00 bits per heavy atom. The molecule has 0 fully saturated rings. The van der Waals surface area contributed by atoms with Crippen molar-refractivity contribution in [1.82, 2.24) is 5.32 Å². The first-order valence-electron chi connectivity index (χ1n) is 5.09. The molecule has 0 saturated carbocycles. The van der Waals surface area contributed by atoms with Crippen LogP contribution in [0, 0.1) is 11.3 Å². The lowest BCUT2D eigenvalue weighted by molar-refractivity contribution is 0.275. The number of aliphatic hydroxyl groups excluding tert-OH is 1. The van der Waals surface area contributed by atoms with Gasteiger partial charge < -0.3 is 14.8 Å². The fraction of sp³-hybridized carbons (Fsp3) is 0.545. The minimum Gasteiger partial charge on any atom is -0.449 e. The van der Waals surface area contributed by atoms with Crippen LogP contribution in [0.5, 0.6) is 0 Å². The van der Waals surface area contributed by atoms with Gasteiger partial charge in [0.1, 0.15) is 11.8 Å². The Kier molecular flexibility index (Phi) is 4.88. The molecule has 0 aliphatic carbocycles. The highest BCUT2D eigenvalue weighted by molar-refractivity contribution is 5.18. The molecule has 1 unspecified atom stereocenters. The first kappa shape index (κ1) is 11.8. The molecule has 0 bridgehead atoms. The summed E-state index contributed by atoms with van der Waals surface area (Å²) in [7, 11) is 0. The molecule has 0 amide bonds. The van der Waals surface area contributed by atoms with Gasteiger partial charge in [0.25, 0.3) is 0 Å². The van der Waals surface area contributed by atoms with Crippen LogP contribution in [0.3, 0.4) is 0 Å². The molecular weight excluding hydrogens is 192 g/mol. The number of nitrogens with zero attached hydrogens (tertiary/aromatic N) is 1. The van der Waals surface area contributed by atoms with Crippen molar-refractivity contribution in [2.75, 3.05) is 6.61 Å². The van der Waals surface area contributed by atoms with Gasteiger partial charge in [0, 0.05) is 12.6 Å². The van der Waals surface area contributed by atoms with Gasteiger partial charge in [-0.15, -0.1) is 0 Å². The Morgan fingerprint density at radius 2 is 2.40 bits per heavy atom. The van der Waals surface area contributed by atoms with Gasteiger partial charge in [-0.05, 0) is 31.9 Å². The Morgan fingerprint density at radius 1 is 1.60 bits per heavy atom. The van der Waals surface area contributed by atoms with E-state index in [9.17, 15) is 0 Å². The summed E-state index contributed by atoms with van der Waals surface area (Å²) in [5, 5.41) is 20.5. The highest BCUT2D eigenvalue weighted by Crippen LogP contribution is 2.06. The van der Waals surface area contributed by atoms with Crippen molar-refractivity contribution in [2.45, 2.75) is 32.4 Å². The van der Waals surface area contributed by atoms with E-state index in [2.05, 4.69) is 12.2 Å². The van der Waals surface area contributed by atoms with E-state index in [0.717, 1.165) is 18.6 Å². The summed E-state index contributed by atoms with van der Waals surface area (Å²) in [6.45, 7) is 2.91. The van der Waals surface area contributed by atoms with Crippen molar-refractivity contribution in [3.8, 4) is 6.07 Å². The minimum absolute atomic E-state index is 0.228. The molecule has 82 valence electrons. The second-order valence-electron chi connectivity index (χ2n) is 3.53. The van der Waals surface area contributed by atoms with E-state index in [-0.39, 0.29) is 6.61 Å². The van der Waals surface area contributed by atoms with Crippen molar-refractivity contribution >= 4 is 0 Å². The SMILES string of the molecule is CC(CCCO)NCc1ccc(C#N)o1. The van der Waals surface area contributed by atoms with Crippen molar-refractivity contribution in [3.05, 3.63) is 23.7 Å². The number of hydrogen-bond donors (Lipinski definition) is 2. The van der Waals surface area contributed by atoms with Crippen molar-refractivity contribution in [1.29, 1.82) is 5.26 Å². The normalized spacial score (nSPS) is 12.3. The van der Waals surface area contributed by atoms with Crippen molar-refractivity contribution in [3.63, 3.8) is 0 Å². The molecule has 4 heteroatoms. The van der Waals surface area contributed by atoms with Crippen LogP contribution in [0.2, 0.25) is 0 Å². The summed E-state index contributed by atoms with van der Waals surface area (Å²) in [5.41, 5.74) is 0.